The minimum absolute atomic E-state index is 0.267. The Morgan fingerprint density at radius 2 is 1.77 bits per heavy atom. The van der Waals surface area contributed by atoms with Gasteiger partial charge in [-0.25, -0.2) is 4.68 Å². The van der Waals surface area contributed by atoms with E-state index in [0.29, 0.717) is 30.8 Å². The Hall–Kier alpha value is -1.54. The van der Waals surface area contributed by atoms with Crippen LogP contribution in [0.2, 0.25) is 0 Å². The van der Waals surface area contributed by atoms with Gasteiger partial charge in [-0.1, -0.05) is 33.6 Å². The Morgan fingerprint density at radius 1 is 1.06 bits per heavy atom. The van der Waals surface area contributed by atoms with Gasteiger partial charge in [0, 0.05) is 19.5 Å². The first-order valence-electron chi connectivity index (χ1n) is 12.6. The highest BCUT2D eigenvalue weighted by molar-refractivity contribution is 5.77. The fourth-order valence-corrected chi connectivity index (χ4v) is 6.20. The van der Waals surface area contributed by atoms with Crippen LogP contribution in [0.15, 0.2) is 0 Å². The number of likely N-dealkylation sites (N-methyl/N-ethyl adjacent to an activating group) is 1. The fourth-order valence-electron chi connectivity index (χ4n) is 6.20. The van der Waals surface area contributed by atoms with Gasteiger partial charge in [-0.15, -0.1) is 5.10 Å². The summed E-state index contributed by atoms with van der Waals surface area (Å²) in [5, 5.41) is 13.1. The van der Waals surface area contributed by atoms with Crippen molar-refractivity contribution in [1.29, 1.82) is 0 Å². The van der Waals surface area contributed by atoms with Crippen molar-refractivity contribution < 1.29 is 4.79 Å². The standard InChI is InChI=1S/C23H41N7O/c1-4-27-14-11-19(12-15-27)17-21(31)28-16-13-23(18-28,29(5-2)6-3)22-24-25-26-30(22)20-9-7-8-10-20/h19-20H,4-18H2,1-3H3. The van der Waals surface area contributed by atoms with Gasteiger partial charge >= 0.3 is 0 Å². The van der Waals surface area contributed by atoms with Gasteiger partial charge in [0.1, 0.15) is 5.54 Å². The molecule has 1 unspecified atom stereocenters. The van der Waals surface area contributed by atoms with Crippen LogP contribution in [0.3, 0.4) is 0 Å². The monoisotopic (exact) mass is 431 g/mol. The molecule has 0 N–H and O–H groups in total. The van der Waals surface area contributed by atoms with Crippen LogP contribution in [-0.4, -0.2) is 86.6 Å². The molecular weight excluding hydrogens is 390 g/mol. The van der Waals surface area contributed by atoms with E-state index in [-0.39, 0.29) is 5.54 Å². The lowest BCUT2D eigenvalue weighted by Crippen LogP contribution is -2.50. The van der Waals surface area contributed by atoms with Crippen molar-refractivity contribution in [1.82, 2.24) is 34.9 Å². The number of likely N-dealkylation sites (tertiary alicyclic amines) is 2. The molecule has 0 aromatic carbocycles. The molecule has 8 heteroatoms. The third-order valence-electron chi connectivity index (χ3n) is 8.17. The summed E-state index contributed by atoms with van der Waals surface area (Å²) in [6, 6.07) is 0.408. The molecule has 0 radical (unpaired) electrons. The van der Waals surface area contributed by atoms with Gasteiger partial charge in [0.15, 0.2) is 5.82 Å². The zero-order valence-electron chi connectivity index (χ0n) is 19.8. The third kappa shape index (κ3) is 4.51. The molecule has 2 aliphatic heterocycles. The topological polar surface area (TPSA) is 70.4 Å². The van der Waals surface area contributed by atoms with Crippen LogP contribution in [-0.2, 0) is 10.3 Å². The molecule has 31 heavy (non-hydrogen) atoms. The molecule has 8 nitrogen and oxygen atoms in total. The van der Waals surface area contributed by atoms with E-state index in [4.69, 9.17) is 0 Å². The Labute approximate surface area is 187 Å². The molecule has 1 atom stereocenters. The summed E-state index contributed by atoms with van der Waals surface area (Å²) in [6.45, 7) is 13.4. The molecule has 2 saturated heterocycles. The van der Waals surface area contributed by atoms with Crippen molar-refractivity contribution >= 4 is 5.91 Å². The second-order valence-electron chi connectivity index (χ2n) is 9.74. The molecular formula is C23H41N7O. The Bertz CT molecular complexity index is 719. The predicted molar refractivity (Wildman–Crippen MR) is 121 cm³/mol. The SMILES string of the molecule is CCN1CCC(CC(=O)N2CCC(c3nnnn3C3CCCC3)(N(CC)CC)C2)CC1. The summed E-state index contributed by atoms with van der Waals surface area (Å²) in [4.78, 5) is 20.4. The summed E-state index contributed by atoms with van der Waals surface area (Å²) in [5.41, 5.74) is -0.267. The number of piperidine rings is 1. The summed E-state index contributed by atoms with van der Waals surface area (Å²) < 4.78 is 2.11. The quantitative estimate of drug-likeness (QED) is 0.630. The summed E-state index contributed by atoms with van der Waals surface area (Å²) in [7, 11) is 0. The van der Waals surface area contributed by atoms with Crippen molar-refractivity contribution in [3.8, 4) is 0 Å². The van der Waals surface area contributed by atoms with Crippen molar-refractivity contribution in [2.24, 2.45) is 5.92 Å². The molecule has 1 aromatic heterocycles. The average Bonchev–Trinajstić information content (AvgIpc) is 3.55. The number of rotatable bonds is 8. The van der Waals surface area contributed by atoms with Crippen LogP contribution in [0.1, 0.15) is 84.0 Å². The largest absolute Gasteiger partial charge is 0.340 e. The maximum Gasteiger partial charge on any atom is 0.222 e. The van der Waals surface area contributed by atoms with E-state index in [9.17, 15) is 4.79 Å². The van der Waals surface area contributed by atoms with Crippen molar-refractivity contribution in [3.05, 3.63) is 5.82 Å². The van der Waals surface area contributed by atoms with E-state index in [1.54, 1.807) is 0 Å². The van der Waals surface area contributed by atoms with Crippen molar-refractivity contribution in [2.75, 3.05) is 45.8 Å². The molecule has 0 spiro atoms. The van der Waals surface area contributed by atoms with Gasteiger partial charge in [-0.2, -0.15) is 0 Å². The van der Waals surface area contributed by atoms with E-state index < -0.39 is 0 Å². The first-order chi connectivity index (χ1) is 15.1. The molecule has 1 aromatic rings. The number of amides is 1. The Morgan fingerprint density at radius 3 is 2.42 bits per heavy atom. The summed E-state index contributed by atoms with van der Waals surface area (Å²) in [6.07, 6.45) is 8.73. The van der Waals surface area contributed by atoms with Crippen LogP contribution in [0.4, 0.5) is 0 Å². The number of aromatic nitrogens is 4. The van der Waals surface area contributed by atoms with Crippen LogP contribution in [0.25, 0.3) is 0 Å². The van der Waals surface area contributed by atoms with Gasteiger partial charge in [0.25, 0.3) is 0 Å². The Balaban J connectivity index is 1.50. The first-order valence-corrected chi connectivity index (χ1v) is 12.6. The van der Waals surface area contributed by atoms with E-state index in [2.05, 4.69) is 55.7 Å². The molecule has 174 valence electrons. The molecule has 0 bridgehead atoms. The second-order valence-corrected chi connectivity index (χ2v) is 9.74. The highest BCUT2D eigenvalue weighted by Gasteiger charge is 2.49. The third-order valence-corrected chi connectivity index (χ3v) is 8.17. The molecule has 1 amide bonds. The van der Waals surface area contributed by atoms with Crippen LogP contribution in [0.5, 0.6) is 0 Å². The van der Waals surface area contributed by atoms with Crippen LogP contribution in [0, 0.1) is 5.92 Å². The summed E-state index contributed by atoms with van der Waals surface area (Å²) in [5.74, 6) is 1.83. The van der Waals surface area contributed by atoms with E-state index in [0.717, 1.165) is 77.2 Å². The van der Waals surface area contributed by atoms with Gasteiger partial charge in [0.05, 0.1) is 6.04 Å². The maximum absolute atomic E-state index is 13.3. The van der Waals surface area contributed by atoms with Gasteiger partial charge in [-0.3, -0.25) is 9.69 Å². The summed E-state index contributed by atoms with van der Waals surface area (Å²) >= 11 is 0. The molecule has 1 aliphatic carbocycles. The first kappa shape index (κ1) is 22.6. The van der Waals surface area contributed by atoms with Gasteiger partial charge in [-0.05, 0) is 81.2 Å². The van der Waals surface area contributed by atoms with Crippen LogP contribution < -0.4 is 0 Å². The highest BCUT2D eigenvalue weighted by atomic mass is 16.2. The number of hydrogen-bond acceptors (Lipinski definition) is 6. The average molecular weight is 432 g/mol. The van der Waals surface area contributed by atoms with Gasteiger partial charge in [0.2, 0.25) is 5.91 Å². The fraction of sp³-hybridized carbons (Fsp3) is 0.913. The molecule has 3 aliphatic rings. The number of nitrogens with zero attached hydrogens (tertiary/aromatic N) is 7. The predicted octanol–water partition coefficient (Wildman–Crippen LogP) is 2.68. The van der Waals surface area contributed by atoms with E-state index >= 15 is 0 Å². The number of carbonyl (C=O) groups excluding carboxylic acids is 1. The minimum Gasteiger partial charge on any atom is -0.340 e. The second kappa shape index (κ2) is 9.94. The zero-order chi connectivity index (χ0) is 21.8. The number of hydrogen-bond donors (Lipinski definition) is 0. The molecule has 3 heterocycles. The minimum atomic E-state index is -0.267. The maximum atomic E-state index is 13.3. The number of tetrazole rings is 1. The zero-order valence-corrected chi connectivity index (χ0v) is 19.8. The lowest BCUT2D eigenvalue weighted by atomic mass is 9.92. The van der Waals surface area contributed by atoms with E-state index in [1.165, 1.54) is 12.8 Å². The smallest absolute Gasteiger partial charge is 0.222 e. The van der Waals surface area contributed by atoms with E-state index in [1.807, 2.05) is 0 Å². The van der Waals surface area contributed by atoms with Crippen molar-refractivity contribution in [2.45, 2.75) is 83.7 Å². The molecule has 4 rings (SSSR count). The lowest BCUT2D eigenvalue weighted by Gasteiger charge is -2.39. The highest BCUT2D eigenvalue weighted by Crippen LogP contribution is 2.40. The molecule has 3 fully saturated rings. The Kier molecular flexibility index (Phi) is 7.26. The van der Waals surface area contributed by atoms with Gasteiger partial charge < -0.3 is 9.80 Å². The normalized spacial score (nSPS) is 26.4. The molecule has 1 saturated carbocycles. The van der Waals surface area contributed by atoms with Crippen LogP contribution >= 0.6 is 0 Å². The number of carbonyl (C=O) groups is 1. The lowest BCUT2D eigenvalue weighted by molar-refractivity contribution is -0.132. The van der Waals surface area contributed by atoms with Crippen molar-refractivity contribution in [3.63, 3.8) is 0 Å².